The van der Waals surface area contributed by atoms with Crippen LogP contribution in [-0.2, 0) is 5.41 Å². The number of aromatic nitrogens is 2. The lowest BCUT2D eigenvalue weighted by molar-refractivity contribution is -0.186. The highest BCUT2D eigenvalue weighted by Gasteiger charge is 2.59. The Balaban J connectivity index is 2.16. The zero-order valence-electron chi connectivity index (χ0n) is 9.81. The van der Waals surface area contributed by atoms with Crippen LogP contribution in [0.5, 0.6) is 0 Å². The first-order valence-electron chi connectivity index (χ1n) is 5.86. The average molecular weight is 290 g/mol. The summed E-state index contributed by atoms with van der Waals surface area (Å²) >= 11 is 5.83. The van der Waals surface area contributed by atoms with Gasteiger partial charge in [0.15, 0.2) is 0 Å². The normalized spacial score (nSPS) is 24.2. The summed E-state index contributed by atoms with van der Waals surface area (Å²) in [7, 11) is 0. The standard InChI is InChI=1S/C12H11ClF3N3/c13-7-1-2-8-9(5-7)19-10(18-8)11(12(14,15)16)3-4-17-6-11/h1-2,5,17H,3-4,6H2,(H,18,19). The van der Waals surface area contributed by atoms with Gasteiger partial charge in [0.25, 0.3) is 0 Å². The number of fused-ring (bicyclic) bond motifs is 1. The van der Waals surface area contributed by atoms with E-state index in [-0.39, 0.29) is 18.8 Å². The van der Waals surface area contributed by atoms with Crippen molar-refractivity contribution >= 4 is 22.6 Å². The number of H-pyrrole nitrogens is 1. The molecule has 2 aromatic rings. The fraction of sp³-hybridized carbons (Fsp3) is 0.417. The van der Waals surface area contributed by atoms with Crippen molar-refractivity contribution in [2.24, 2.45) is 0 Å². The molecule has 2 heterocycles. The zero-order chi connectivity index (χ0) is 13.7. The van der Waals surface area contributed by atoms with Crippen LogP contribution in [0.15, 0.2) is 18.2 Å². The molecule has 19 heavy (non-hydrogen) atoms. The Morgan fingerprint density at radius 3 is 2.74 bits per heavy atom. The molecule has 0 bridgehead atoms. The predicted molar refractivity (Wildman–Crippen MR) is 66.3 cm³/mol. The number of imidazole rings is 1. The molecule has 0 amide bonds. The van der Waals surface area contributed by atoms with Crippen LogP contribution in [0.1, 0.15) is 12.2 Å². The van der Waals surface area contributed by atoms with Gasteiger partial charge >= 0.3 is 6.18 Å². The smallest absolute Gasteiger partial charge is 0.341 e. The van der Waals surface area contributed by atoms with Gasteiger partial charge < -0.3 is 10.3 Å². The van der Waals surface area contributed by atoms with Crippen LogP contribution in [0.3, 0.4) is 0 Å². The molecule has 0 spiro atoms. The first-order chi connectivity index (χ1) is 8.92. The second-order valence-corrected chi connectivity index (χ2v) is 5.19. The van der Waals surface area contributed by atoms with Crippen LogP contribution in [0.4, 0.5) is 13.2 Å². The fourth-order valence-corrected chi connectivity index (χ4v) is 2.65. The molecule has 3 rings (SSSR count). The Hall–Kier alpha value is -1.27. The highest BCUT2D eigenvalue weighted by atomic mass is 35.5. The van der Waals surface area contributed by atoms with Crippen LogP contribution in [0.25, 0.3) is 11.0 Å². The Morgan fingerprint density at radius 1 is 1.32 bits per heavy atom. The lowest BCUT2D eigenvalue weighted by Gasteiger charge is -2.28. The first kappa shape index (κ1) is 12.7. The number of benzene rings is 1. The van der Waals surface area contributed by atoms with Crippen LogP contribution < -0.4 is 5.32 Å². The number of halogens is 4. The number of hydrogen-bond acceptors (Lipinski definition) is 2. The van der Waals surface area contributed by atoms with Gasteiger partial charge in [-0.15, -0.1) is 0 Å². The third-order valence-electron chi connectivity index (χ3n) is 3.60. The molecule has 1 atom stereocenters. The lowest BCUT2D eigenvalue weighted by Crippen LogP contribution is -2.45. The zero-order valence-corrected chi connectivity index (χ0v) is 10.6. The van der Waals surface area contributed by atoms with Crippen molar-refractivity contribution in [3.63, 3.8) is 0 Å². The van der Waals surface area contributed by atoms with Crippen molar-refractivity contribution in [2.75, 3.05) is 13.1 Å². The molecule has 3 nitrogen and oxygen atoms in total. The van der Waals surface area contributed by atoms with Gasteiger partial charge in [0, 0.05) is 11.6 Å². The molecule has 1 aromatic heterocycles. The number of hydrogen-bond donors (Lipinski definition) is 2. The summed E-state index contributed by atoms with van der Waals surface area (Å²) in [6, 6.07) is 4.81. The Morgan fingerprint density at radius 2 is 2.11 bits per heavy atom. The molecule has 0 radical (unpaired) electrons. The molecule has 102 valence electrons. The van der Waals surface area contributed by atoms with Crippen LogP contribution >= 0.6 is 11.6 Å². The van der Waals surface area contributed by atoms with Crippen molar-refractivity contribution in [2.45, 2.75) is 18.0 Å². The van der Waals surface area contributed by atoms with Crippen molar-refractivity contribution in [3.8, 4) is 0 Å². The molecule has 1 aliphatic rings. The van der Waals surface area contributed by atoms with Crippen molar-refractivity contribution in [1.82, 2.24) is 15.3 Å². The summed E-state index contributed by atoms with van der Waals surface area (Å²) < 4.78 is 40.1. The number of nitrogens with one attached hydrogen (secondary N) is 2. The van der Waals surface area contributed by atoms with E-state index >= 15 is 0 Å². The molecular formula is C12H11ClF3N3. The molecule has 0 aliphatic carbocycles. The number of alkyl halides is 3. The van der Waals surface area contributed by atoms with Crippen molar-refractivity contribution in [1.29, 1.82) is 0 Å². The van der Waals surface area contributed by atoms with Crippen LogP contribution in [0.2, 0.25) is 5.02 Å². The van der Waals surface area contributed by atoms with E-state index < -0.39 is 11.6 Å². The van der Waals surface area contributed by atoms with E-state index in [0.29, 0.717) is 22.6 Å². The van der Waals surface area contributed by atoms with Gasteiger partial charge in [-0.25, -0.2) is 4.98 Å². The molecule has 1 unspecified atom stereocenters. The minimum absolute atomic E-state index is 0.00987. The van der Waals surface area contributed by atoms with E-state index in [1.165, 1.54) is 0 Å². The summed E-state index contributed by atoms with van der Waals surface area (Å²) in [5.41, 5.74) is -0.911. The van der Waals surface area contributed by atoms with E-state index in [4.69, 9.17) is 11.6 Å². The summed E-state index contributed by atoms with van der Waals surface area (Å²) in [5, 5.41) is 3.23. The highest BCUT2D eigenvalue weighted by Crippen LogP contribution is 2.44. The minimum Gasteiger partial charge on any atom is -0.341 e. The molecule has 7 heteroatoms. The number of aromatic amines is 1. The van der Waals surface area contributed by atoms with Crippen molar-refractivity contribution in [3.05, 3.63) is 29.0 Å². The molecular weight excluding hydrogens is 279 g/mol. The minimum atomic E-state index is -4.34. The van der Waals surface area contributed by atoms with E-state index in [1.807, 2.05) is 0 Å². The van der Waals surface area contributed by atoms with Crippen molar-refractivity contribution < 1.29 is 13.2 Å². The molecule has 1 saturated heterocycles. The quantitative estimate of drug-likeness (QED) is 0.847. The number of rotatable bonds is 1. The van der Waals surface area contributed by atoms with Crippen LogP contribution in [0, 0.1) is 0 Å². The fourth-order valence-electron chi connectivity index (χ4n) is 2.48. The number of nitrogens with zero attached hydrogens (tertiary/aromatic N) is 1. The highest BCUT2D eigenvalue weighted by molar-refractivity contribution is 6.31. The summed E-state index contributed by atoms with van der Waals surface area (Å²) in [4.78, 5) is 6.87. The van der Waals surface area contributed by atoms with Gasteiger partial charge in [0.05, 0.1) is 11.0 Å². The Kier molecular flexibility index (Phi) is 2.76. The van der Waals surface area contributed by atoms with Gasteiger partial charge in [-0.2, -0.15) is 13.2 Å². The summed E-state index contributed by atoms with van der Waals surface area (Å²) in [5.74, 6) is -0.0396. The third kappa shape index (κ3) is 1.90. The van der Waals surface area contributed by atoms with E-state index in [2.05, 4.69) is 15.3 Å². The van der Waals surface area contributed by atoms with Crippen LogP contribution in [-0.4, -0.2) is 29.2 Å². The van der Waals surface area contributed by atoms with Gasteiger partial charge in [0.1, 0.15) is 11.2 Å². The SMILES string of the molecule is FC(F)(F)C1(c2nc3ccc(Cl)cc3[nH]2)CCNC1. The topological polar surface area (TPSA) is 40.7 Å². The maximum Gasteiger partial charge on any atom is 0.402 e. The third-order valence-corrected chi connectivity index (χ3v) is 3.83. The monoisotopic (exact) mass is 289 g/mol. The largest absolute Gasteiger partial charge is 0.402 e. The van der Waals surface area contributed by atoms with E-state index in [9.17, 15) is 13.2 Å². The van der Waals surface area contributed by atoms with Gasteiger partial charge in [0.2, 0.25) is 0 Å². The Bertz CT molecular complexity index is 614. The average Bonchev–Trinajstić information content (AvgIpc) is 2.93. The second kappa shape index (κ2) is 4.11. The van der Waals surface area contributed by atoms with Gasteiger partial charge in [-0.05, 0) is 31.2 Å². The molecule has 1 aromatic carbocycles. The second-order valence-electron chi connectivity index (χ2n) is 4.75. The Labute approximate surface area is 112 Å². The van der Waals surface area contributed by atoms with E-state index in [0.717, 1.165) is 0 Å². The summed E-state index contributed by atoms with van der Waals surface area (Å²) in [6.07, 6.45) is -4.35. The maximum atomic E-state index is 13.4. The maximum absolute atomic E-state index is 13.4. The van der Waals surface area contributed by atoms with Gasteiger partial charge in [-0.3, -0.25) is 0 Å². The first-order valence-corrected chi connectivity index (χ1v) is 6.23. The molecule has 0 saturated carbocycles. The molecule has 1 fully saturated rings. The molecule has 2 N–H and O–H groups in total. The van der Waals surface area contributed by atoms with E-state index in [1.54, 1.807) is 18.2 Å². The van der Waals surface area contributed by atoms with Gasteiger partial charge in [-0.1, -0.05) is 11.6 Å². The predicted octanol–water partition coefficient (Wildman–Crippen LogP) is 3.01. The molecule has 1 aliphatic heterocycles. The lowest BCUT2D eigenvalue weighted by atomic mass is 9.85. The summed E-state index contributed by atoms with van der Waals surface area (Å²) in [6.45, 7) is 0.182.